The van der Waals surface area contributed by atoms with E-state index in [9.17, 15) is 8.78 Å². The number of ether oxygens (including phenoxy) is 2. The Bertz CT molecular complexity index is 671. The van der Waals surface area contributed by atoms with Crippen LogP contribution >= 0.6 is 11.6 Å². The van der Waals surface area contributed by atoms with Gasteiger partial charge < -0.3 is 9.47 Å². The molecule has 0 amide bonds. The van der Waals surface area contributed by atoms with Crippen molar-refractivity contribution in [2.75, 3.05) is 0 Å². The SMILES string of the molecule is N#Cc1ccc(OCc2ccccc2OC(F)F)c(Cl)c1. The van der Waals surface area contributed by atoms with Crippen molar-refractivity contribution in [1.82, 2.24) is 0 Å². The highest BCUT2D eigenvalue weighted by atomic mass is 35.5. The Kier molecular flexibility index (Phi) is 4.96. The van der Waals surface area contributed by atoms with Crippen molar-refractivity contribution in [3.05, 3.63) is 58.6 Å². The third-order valence-corrected chi connectivity index (χ3v) is 2.93. The predicted octanol–water partition coefficient (Wildman–Crippen LogP) is 4.39. The lowest BCUT2D eigenvalue weighted by Crippen LogP contribution is -2.06. The zero-order valence-electron chi connectivity index (χ0n) is 10.7. The fraction of sp³-hybridized carbons (Fsp3) is 0.133. The standard InChI is InChI=1S/C15H10ClF2NO2/c16-12-7-10(8-19)5-6-14(12)20-9-11-3-1-2-4-13(11)21-15(17)18/h1-7,15H,9H2. The molecule has 0 saturated carbocycles. The Labute approximate surface area is 125 Å². The maximum absolute atomic E-state index is 12.3. The molecule has 0 N–H and O–H groups in total. The summed E-state index contributed by atoms with van der Waals surface area (Å²) in [5.41, 5.74) is 0.881. The molecule has 0 aliphatic heterocycles. The van der Waals surface area contributed by atoms with Gasteiger partial charge in [-0.1, -0.05) is 29.8 Å². The first kappa shape index (κ1) is 15.1. The van der Waals surface area contributed by atoms with Gasteiger partial charge in [0.15, 0.2) is 0 Å². The van der Waals surface area contributed by atoms with E-state index in [1.165, 1.54) is 12.1 Å². The molecular weight excluding hydrogens is 300 g/mol. The summed E-state index contributed by atoms with van der Waals surface area (Å²) in [6, 6.07) is 12.9. The second-order valence-corrected chi connectivity index (χ2v) is 4.44. The third-order valence-electron chi connectivity index (χ3n) is 2.63. The number of rotatable bonds is 5. The van der Waals surface area contributed by atoms with Crippen molar-refractivity contribution in [2.24, 2.45) is 0 Å². The minimum Gasteiger partial charge on any atom is -0.487 e. The van der Waals surface area contributed by atoms with Crippen LogP contribution in [0.5, 0.6) is 11.5 Å². The summed E-state index contributed by atoms with van der Waals surface area (Å²) in [5.74, 6) is 0.416. The Morgan fingerprint density at radius 1 is 1.14 bits per heavy atom. The quantitative estimate of drug-likeness (QED) is 0.822. The summed E-state index contributed by atoms with van der Waals surface area (Å²) in [6.45, 7) is -2.88. The van der Waals surface area contributed by atoms with Gasteiger partial charge in [-0.05, 0) is 24.3 Å². The van der Waals surface area contributed by atoms with E-state index in [-0.39, 0.29) is 17.4 Å². The molecule has 2 rings (SSSR count). The van der Waals surface area contributed by atoms with E-state index in [2.05, 4.69) is 4.74 Å². The lowest BCUT2D eigenvalue weighted by atomic mass is 10.2. The van der Waals surface area contributed by atoms with Crippen LogP contribution in [0.4, 0.5) is 8.78 Å². The molecule has 0 bridgehead atoms. The minimum absolute atomic E-state index is 0.0223. The van der Waals surface area contributed by atoms with Crippen LogP contribution in [0.3, 0.4) is 0 Å². The Hall–Kier alpha value is -2.32. The lowest BCUT2D eigenvalue weighted by molar-refractivity contribution is -0.0508. The van der Waals surface area contributed by atoms with Gasteiger partial charge in [-0.3, -0.25) is 0 Å². The number of halogens is 3. The largest absolute Gasteiger partial charge is 0.487 e. The van der Waals surface area contributed by atoms with E-state index in [1.807, 2.05) is 6.07 Å². The third kappa shape index (κ3) is 4.07. The molecule has 0 unspecified atom stereocenters. The fourth-order valence-corrected chi connectivity index (χ4v) is 1.91. The van der Waals surface area contributed by atoms with Gasteiger partial charge in [0, 0.05) is 5.56 Å². The van der Waals surface area contributed by atoms with E-state index >= 15 is 0 Å². The molecule has 0 saturated heterocycles. The predicted molar refractivity (Wildman–Crippen MR) is 73.6 cm³/mol. The molecule has 108 valence electrons. The molecule has 3 nitrogen and oxygen atoms in total. The molecular formula is C15H10ClF2NO2. The molecule has 0 atom stereocenters. The monoisotopic (exact) mass is 309 g/mol. The van der Waals surface area contributed by atoms with Crippen LogP contribution in [0.1, 0.15) is 11.1 Å². The van der Waals surface area contributed by atoms with Crippen molar-refractivity contribution in [3.8, 4) is 17.6 Å². The van der Waals surface area contributed by atoms with Gasteiger partial charge in [0.05, 0.1) is 16.7 Å². The molecule has 0 radical (unpaired) electrons. The average Bonchev–Trinajstić information content (AvgIpc) is 2.46. The molecule has 2 aromatic carbocycles. The van der Waals surface area contributed by atoms with Gasteiger partial charge in [0.2, 0.25) is 0 Å². The van der Waals surface area contributed by atoms with E-state index < -0.39 is 6.61 Å². The summed E-state index contributed by atoms with van der Waals surface area (Å²) in [7, 11) is 0. The maximum atomic E-state index is 12.3. The van der Waals surface area contributed by atoms with E-state index in [0.29, 0.717) is 16.9 Å². The smallest absolute Gasteiger partial charge is 0.387 e. The molecule has 0 aliphatic rings. The minimum atomic E-state index is -2.90. The van der Waals surface area contributed by atoms with Crippen LogP contribution in [-0.4, -0.2) is 6.61 Å². The zero-order valence-corrected chi connectivity index (χ0v) is 11.5. The second-order valence-electron chi connectivity index (χ2n) is 4.03. The number of benzene rings is 2. The first-order valence-electron chi connectivity index (χ1n) is 5.95. The van der Waals surface area contributed by atoms with E-state index in [0.717, 1.165) is 0 Å². The number of hydrogen-bond donors (Lipinski definition) is 0. The van der Waals surface area contributed by atoms with Crippen LogP contribution < -0.4 is 9.47 Å². The number of nitriles is 1. The molecule has 0 heterocycles. The van der Waals surface area contributed by atoms with Gasteiger partial charge in [-0.25, -0.2) is 0 Å². The van der Waals surface area contributed by atoms with Gasteiger partial charge >= 0.3 is 6.61 Å². The maximum Gasteiger partial charge on any atom is 0.387 e. The van der Waals surface area contributed by atoms with Crippen molar-refractivity contribution in [2.45, 2.75) is 13.2 Å². The molecule has 2 aromatic rings. The number of alkyl halides is 2. The Morgan fingerprint density at radius 2 is 1.90 bits per heavy atom. The molecule has 6 heteroatoms. The van der Waals surface area contributed by atoms with Crippen LogP contribution in [0.15, 0.2) is 42.5 Å². The summed E-state index contributed by atoms with van der Waals surface area (Å²) in [5, 5.41) is 9.02. The topological polar surface area (TPSA) is 42.2 Å². The van der Waals surface area contributed by atoms with Crippen molar-refractivity contribution >= 4 is 11.6 Å². The molecule has 21 heavy (non-hydrogen) atoms. The highest BCUT2D eigenvalue weighted by molar-refractivity contribution is 6.32. The second kappa shape index (κ2) is 6.91. The molecule has 0 spiro atoms. The van der Waals surface area contributed by atoms with Crippen LogP contribution in [0.25, 0.3) is 0 Å². The first-order valence-corrected chi connectivity index (χ1v) is 6.33. The molecule has 0 aliphatic carbocycles. The molecule has 0 aromatic heterocycles. The highest BCUT2D eigenvalue weighted by Crippen LogP contribution is 2.28. The van der Waals surface area contributed by atoms with Crippen LogP contribution in [0.2, 0.25) is 5.02 Å². The van der Waals surface area contributed by atoms with Crippen molar-refractivity contribution < 1.29 is 18.3 Å². The van der Waals surface area contributed by atoms with Gasteiger partial charge in [-0.2, -0.15) is 14.0 Å². The number of para-hydroxylation sites is 1. The summed E-state index contributed by atoms with van der Waals surface area (Å²) in [6.07, 6.45) is 0. The summed E-state index contributed by atoms with van der Waals surface area (Å²) in [4.78, 5) is 0. The highest BCUT2D eigenvalue weighted by Gasteiger charge is 2.10. The number of hydrogen-bond acceptors (Lipinski definition) is 3. The normalized spacial score (nSPS) is 10.2. The Morgan fingerprint density at radius 3 is 2.57 bits per heavy atom. The molecule has 0 fully saturated rings. The summed E-state index contributed by atoms with van der Waals surface area (Å²) >= 11 is 5.97. The summed E-state index contributed by atoms with van der Waals surface area (Å²) < 4.78 is 34.5. The van der Waals surface area contributed by atoms with Gasteiger partial charge in [-0.15, -0.1) is 0 Å². The zero-order chi connectivity index (χ0) is 15.2. The van der Waals surface area contributed by atoms with Crippen molar-refractivity contribution in [3.63, 3.8) is 0 Å². The van der Waals surface area contributed by atoms with Crippen LogP contribution in [0, 0.1) is 11.3 Å². The number of nitrogens with zero attached hydrogens (tertiary/aromatic N) is 1. The van der Waals surface area contributed by atoms with Crippen molar-refractivity contribution in [1.29, 1.82) is 5.26 Å². The average molecular weight is 310 g/mol. The van der Waals surface area contributed by atoms with E-state index in [4.69, 9.17) is 21.6 Å². The van der Waals surface area contributed by atoms with Gasteiger partial charge in [0.1, 0.15) is 18.1 Å². The Balaban J connectivity index is 2.12. The van der Waals surface area contributed by atoms with Gasteiger partial charge in [0.25, 0.3) is 0 Å². The first-order chi connectivity index (χ1) is 10.1. The fourth-order valence-electron chi connectivity index (χ4n) is 1.68. The van der Waals surface area contributed by atoms with E-state index in [1.54, 1.807) is 30.3 Å². The van der Waals surface area contributed by atoms with Crippen LogP contribution in [-0.2, 0) is 6.61 Å². The lowest BCUT2D eigenvalue weighted by Gasteiger charge is -2.12.